The number of aromatic nitrogens is 2. The maximum Gasteiger partial charge on any atom is 0.256 e. The molecule has 0 unspecified atom stereocenters. The monoisotopic (exact) mass is 325 g/mol. The van der Waals surface area contributed by atoms with Crippen LogP contribution in [0.2, 0.25) is 0 Å². The van der Waals surface area contributed by atoms with Crippen molar-refractivity contribution in [3.63, 3.8) is 0 Å². The standard InChI is InChI=1S/C17H15N3O4/c1-23-14-7-12-13(8-15(14)24-2)18-9-19-16(12)20-17(22)10-3-5-11(21)6-4-10/h3-9,21H,1-2H3,(H,18,19,20,22). The zero-order chi connectivity index (χ0) is 17.1. The fraction of sp³-hybridized carbons (Fsp3) is 0.118. The van der Waals surface area contributed by atoms with E-state index in [0.717, 1.165) is 0 Å². The lowest BCUT2D eigenvalue weighted by Gasteiger charge is -2.11. The average Bonchev–Trinajstić information content (AvgIpc) is 2.61. The average molecular weight is 325 g/mol. The fourth-order valence-corrected chi connectivity index (χ4v) is 2.28. The lowest BCUT2D eigenvalue weighted by Crippen LogP contribution is -2.13. The number of nitrogens with zero attached hydrogens (tertiary/aromatic N) is 2. The van der Waals surface area contributed by atoms with Crippen molar-refractivity contribution in [2.75, 3.05) is 19.5 Å². The van der Waals surface area contributed by atoms with Crippen LogP contribution >= 0.6 is 0 Å². The molecule has 0 aliphatic heterocycles. The Labute approximate surface area is 137 Å². The molecule has 7 nitrogen and oxygen atoms in total. The summed E-state index contributed by atoms with van der Waals surface area (Å²) in [5.74, 6) is 1.17. The normalized spacial score (nSPS) is 10.4. The molecule has 0 aliphatic carbocycles. The highest BCUT2D eigenvalue weighted by Crippen LogP contribution is 2.33. The number of carbonyl (C=O) groups excluding carboxylic acids is 1. The topological polar surface area (TPSA) is 93.6 Å². The smallest absolute Gasteiger partial charge is 0.256 e. The number of carbonyl (C=O) groups is 1. The number of methoxy groups -OCH3 is 2. The summed E-state index contributed by atoms with van der Waals surface area (Å²) in [6.45, 7) is 0. The second kappa shape index (κ2) is 6.41. The summed E-state index contributed by atoms with van der Waals surface area (Å²) in [4.78, 5) is 20.7. The number of hydrogen-bond donors (Lipinski definition) is 2. The zero-order valence-electron chi connectivity index (χ0n) is 13.1. The molecule has 0 saturated carbocycles. The number of fused-ring (bicyclic) bond motifs is 1. The lowest BCUT2D eigenvalue weighted by molar-refractivity contribution is 0.102. The Morgan fingerprint density at radius 2 is 1.71 bits per heavy atom. The van der Waals surface area contributed by atoms with Crippen molar-refractivity contribution < 1.29 is 19.4 Å². The first-order chi connectivity index (χ1) is 11.6. The number of hydrogen-bond acceptors (Lipinski definition) is 6. The minimum atomic E-state index is -0.343. The van der Waals surface area contributed by atoms with Crippen LogP contribution in [0.5, 0.6) is 17.2 Å². The quantitative estimate of drug-likeness (QED) is 0.766. The molecule has 0 aliphatic rings. The molecule has 1 aromatic heterocycles. The van der Waals surface area contributed by atoms with E-state index >= 15 is 0 Å². The van der Waals surface area contributed by atoms with Crippen LogP contribution in [0.3, 0.4) is 0 Å². The van der Waals surface area contributed by atoms with E-state index in [2.05, 4.69) is 15.3 Å². The number of anilines is 1. The Hall–Kier alpha value is -3.35. The number of rotatable bonds is 4. The molecule has 24 heavy (non-hydrogen) atoms. The molecule has 1 amide bonds. The minimum absolute atomic E-state index is 0.0934. The molecule has 0 bridgehead atoms. The molecule has 1 heterocycles. The van der Waals surface area contributed by atoms with E-state index in [1.807, 2.05) is 0 Å². The highest BCUT2D eigenvalue weighted by Gasteiger charge is 2.13. The molecule has 0 fully saturated rings. The maximum absolute atomic E-state index is 12.3. The Balaban J connectivity index is 2.00. The fourth-order valence-electron chi connectivity index (χ4n) is 2.28. The molecule has 0 saturated heterocycles. The summed E-state index contributed by atoms with van der Waals surface area (Å²) in [5, 5.41) is 12.7. The number of ether oxygens (including phenoxy) is 2. The van der Waals surface area contributed by atoms with Crippen molar-refractivity contribution in [3.05, 3.63) is 48.3 Å². The van der Waals surface area contributed by atoms with Gasteiger partial charge in [-0.15, -0.1) is 0 Å². The van der Waals surface area contributed by atoms with Crippen molar-refractivity contribution in [2.24, 2.45) is 0 Å². The summed E-state index contributed by atoms with van der Waals surface area (Å²) < 4.78 is 10.5. The Kier molecular flexibility index (Phi) is 4.15. The van der Waals surface area contributed by atoms with Gasteiger partial charge < -0.3 is 19.9 Å². The van der Waals surface area contributed by atoms with Gasteiger partial charge in [0.15, 0.2) is 11.5 Å². The minimum Gasteiger partial charge on any atom is -0.508 e. The van der Waals surface area contributed by atoms with Gasteiger partial charge in [-0.2, -0.15) is 0 Å². The number of phenolic OH excluding ortho intramolecular Hbond substituents is 1. The molecular weight excluding hydrogens is 310 g/mol. The summed E-state index contributed by atoms with van der Waals surface area (Å²) in [6, 6.07) is 9.36. The van der Waals surface area contributed by atoms with E-state index in [9.17, 15) is 9.90 Å². The van der Waals surface area contributed by atoms with Crippen LogP contribution in [0.25, 0.3) is 10.9 Å². The summed E-state index contributed by atoms with van der Waals surface area (Å²) in [7, 11) is 3.07. The second-order valence-corrected chi connectivity index (χ2v) is 4.95. The van der Waals surface area contributed by atoms with Gasteiger partial charge in [0.1, 0.15) is 17.9 Å². The zero-order valence-corrected chi connectivity index (χ0v) is 13.1. The number of amides is 1. The van der Waals surface area contributed by atoms with Gasteiger partial charge in [0.2, 0.25) is 0 Å². The van der Waals surface area contributed by atoms with Crippen molar-refractivity contribution in [3.8, 4) is 17.2 Å². The second-order valence-electron chi connectivity index (χ2n) is 4.95. The Morgan fingerprint density at radius 3 is 2.38 bits per heavy atom. The highest BCUT2D eigenvalue weighted by molar-refractivity contribution is 6.07. The van der Waals surface area contributed by atoms with Crippen molar-refractivity contribution in [1.82, 2.24) is 9.97 Å². The Morgan fingerprint density at radius 1 is 1.04 bits per heavy atom. The SMILES string of the molecule is COc1cc2ncnc(NC(=O)c3ccc(O)cc3)c2cc1OC. The van der Waals surface area contributed by atoms with Gasteiger partial charge in [-0.3, -0.25) is 4.79 Å². The molecule has 2 aromatic carbocycles. The molecule has 3 aromatic rings. The van der Waals surface area contributed by atoms with E-state index in [1.165, 1.54) is 37.7 Å². The first-order valence-electron chi connectivity index (χ1n) is 7.09. The van der Waals surface area contributed by atoms with E-state index in [4.69, 9.17) is 9.47 Å². The van der Waals surface area contributed by atoms with Crippen LogP contribution in [0.15, 0.2) is 42.7 Å². The third-order valence-electron chi connectivity index (χ3n) is 3.50. The van der Waals surface area contributed by atoms with Crippen molar-refractivity contribution in [1.29, 1.82) is 0 Å². The van der Waals surface area contributed by atoms with E-state index in [0.29, 0.717) is 33.8 Å². The lowest BCUT2D eigenvalue weighted by atomic mass is 10.2. The summed E-state index contributed by atoms with van der Waals surface area (Å²) in [5.41, 5.74) is 1.02. The number of nitrogens with one attached hydrogen (secondary N) is 1. The predicted octanol–water partition coefficient (Wildman–Crippen LogP) is 2.60. The molecule has 0 radical (unpaired) electrons. The molecule has 122 valence electrons. The predicted molar refractivity (Wildman–Crippen MR) is 88.7 cm³/mol. The number of aromatic hydroxyl groups is 1. The third kappa shape index (κ3) is 2.91. The first-order valence-corrected chi connectivity index (χ1v) is 7.09. The van der Waals surface area contributed by atoms with Crippen LogP contribution in [0.4, 0.5) is 5.82 Å². The van der Waals surface area contributed by atoms with Crippen LogP contribution < -0.4 is 14.8 Å². The number of phenols is 1. The van der Waals surface area contributed by atoms with Gasteiger partial charge in [-0.05, 0) is 30.3 Å². The molecular formula is C17H15N3O4. The van der Waals surface area contributed by atoms with Crippen LogP contribution in [0, 0.1) is 0 Å². The Bertz CT molecular complexity index is 894. The number of benzene rings is 2. The molecule has 0 atom stereocenters. The van der Waals surface area contributed by atoms with Crippen LogP contribution in [0.1, 0.15) is 10.4 Å². The molecule has 3 rings (SSSR count). The van der Waals surface area contributed by atoms with Crippen LogP contribution in [-0.4, -0.2) is 35.2 Å². The highest BCUT2D eigenvalue weighted by atomic mass is 16.5. The van der Waals surface area contributed by atoms with Crippen molar-refractivity contribution in [2.45, 2.75) is 0 Å². The van der Waals surface area contributed by atoms with Crippen molar-refractivity contribution >= 4 is 22.6 Å². The molecule has 0 spiro atoms. The molecule has 7 heteroatoms. The van der Waals surface area contributed by atoms with E-state index in [1.54, 1.807) is 19.2 Å². The van der Waals surface area contributed by atoms with Gasteiger partial charge in [-0.1, -0.05) is 0 Å². The largest absolute Gasteiger partial charge is 0.508 e. The first kappa shape index (κ1) is 15.5. The summed E-state index contributed by atoms with van der Waals surface area (Å²) in [6.07, 6.45) is 1.36. The van der Waals surface area contributed by atoms with Gasteiger partial charge in [0.05, 0.1) is 19.7 Å². The van der Waals surface area contributed by atoms with Crippen LogP contribution in [-0.2, 0) is 0 Å². The van der Waals surface area contributed by atoms with E-state index < -0.39 is 0 Å². The maximum atomic E-state index is 12.3. The van der Waals surface area contributed by atoms with Gasteiger partial charge in [-0.25, -0.2) is 9.97 Å². The molecule has 2 N–H and O–H groups in total. The van der Waals surface area contributed by atoms with Gasteiger partial charge >= 0.3 is 0 Å². The summed E-state index contributed by atoms with van der Waals surface area (Å²) >= 11 is 0. The van der Waals surface area contributed by atoms with Gasteiger partial charge in [0.25, 0.3) is 5.91 Å². The van der Waals surface area contributed by atoms with E-state index in [-0.39, 0.29) is 11.7 Å². The van der Waals surface area contributed by atoms with Gasteiger partial charge in [0, 0.05) is 17.0 Å². The third-order valence-corrected chi connectivity index (χ3v) is 3.50.